The predicted molar refractivity (Wildman–Crippen MR) is 46.3 cm³/mol. The van der Waals surface area contributed by atoms with Crippen molar-refractivity contribution in [3.8, 4) is 0 Å². The minimum Gasteiger partial charge on any atom is -1.00 e. The van der Waals surface area contributed by atoms with Gasteiger partial charge in [0.1, 0.15) is 6.54 Å². The molecule has 1 rings (SSSR count). The maximum atomic E-state index is 2.22. The zero-order valence-electron chi connectivity index (χ0n) is 7.76. The number of aryl methyl sites for hydroxylation is 2. The normalized spacial score (nSPS) is 9.17. The number of hydrogen-bond donors (Lipinski definition) is 0. The number of aromatic nitrogens is 1. The van der Waals surface area contributed by atoms with Gasteiger partial charge in [-0.2, -0.15) is 0 Å². The van der Waals surface area contributed by atoms with Crippen molar-refractivity contribution in [2.45, 2.75) is 33.2 Å². The van der Waals surface area contributed by atoms with Crippen LogP contribution < -0.4 is 17.0 Å². The molecular weight excluding hydrogens is 170 g/mol. The molecule has 0 unspecified atom stereocenters. The molecule has 1 nitrogen and oxygen atoms in total. The maximum absolute atomic E-state index is 2.22. The lowest BCUT2D eigenvalue weighted by atomic mass is 10.2. The van der Waals surface area contributed by atoms with Gasteiger partial charge in [-0.05, 0) is 12.0 Å². The monoisotopic (exact) mass is 185 g/mol. The van der Waals surface area contributed by atoms with Crippen molar-refractivity contribution in [1.82, 2.24) is 0 Å². The van der Waals surface area contributed by atoms with Crippen molar-refractivity contribution in [3.05, 3.63) is 30.1 Å². The zero-order valence-corrected chi connectivity index (χ0v) is 8.51. The summed E-state index contributed by atoms with van der Waals surface area (Å²) < 4.78 is 2.22. The molecule has 0 amide bonds. The van der Waals surface area contributed by atoms with E-state index in [1.807, 2.05) is 0 Å². The van der Waals surface area contributed by atoms with Gasteiger partial charge in [0.05, 0.1) is 0 Å². The fourth-order valence-corrected chi connectivity index (χ4v) is 1.13. The standard InChI is InChI=1S/C10H16N.ClH/c1-3-7-11-8-5-10(4-2)6-9-11;/h5-6,8-9H,3-4,7H2,1-2H3;1H/q+1;/p-1. The summed E-state index contributed by atoms with van der Waals surface area (Å²) in [6, 6.07) is 4.38. The van der Waals surface area contributed by atoms with Gasteiger partial charge < -0.3 is 12.4 Å². The fourth-order valence-electron chi connectivity index (χ4n) is 1.13. The van der Waals surface area contributed by atoms with E-state index in [0.717, 1.165) is 13.0 Å². The van der Waals surface area contributed by atoms with Crippen molar-refractivity contribution in [2.24, 2.45) is 0 Å². The Labute approximate surface area is 80.8 Å². The van der Waals surface area contributed by atoms with E-state index in [4.69, 9.17) is 0 Å². The van der Waals surface area contributed by atoms with E-state index >= 15 is 0 Å². The second-order valence-corrected chi connectivity index (χ2v) is 2.80. The summed E-state index contributed by atoms with van der Waals surface area (Å²) >= 11 is 0. The van der Waals surface area contributed by atoms with Crippen LogP contribution in [0.3, 0.4) is 0 Å². The van der Waals surface area contributed by atoms with Crippen molar-refractivity contribution in [1.29, 1.82) is 0 Å². The highest BCUT2D eigenvalue weighted by molar-refractivity contribution is 5.06. The lowest BCUT2D eigenvalue weighted by Crippen LogP contribution is -3.00. The largest absolute Gasteiger partial charge is 1.00 e. The van der Waals surface area contributed by atoms with Crippen LogP contribution in [0.2, 0.25) is 0 Å². The maximum Gasteiger partial charge on any atom is 0.169 e. The average molecular weight is 186 g/mol. The smallest absolute Gasteiger partial charge is 0.169 e. The molecule has 0 aliphatic heterocycles. The number of hydrogen-bond acceptors (Lipinski definition) is 0. The molecule has 68 valence electrons. The van der Waals surface area contributed by atoms with Crippen LogP contribution in [0.25, 0.3) is 0 Å². The quantitative estimate of drug-likeness (QED) is 0.530. The number of pyridine rings is 1. The molecule has 0 spiro atoms. The Balaban J connectivity index is 0.00000121. The Bertz CT molecular complexity index is 206. The molecule has 1 heterocycles. The van der Waals surface area contributed by atoms with Gasteiger partial charge in [0, 0.05) is 18.6 Å². The first-order chi connectivity index (χ1) is 5.36. The fraction of sp³-hybridized carbons (Fsp3) is 0.500. The molecule has 0 atom stereocenters. The third kappa shape index (κ3) is 3.22. The summed E-state index contributed by atoms with van der Waals surface area (Å²) in [6.45, 7) is 5.50. The van der Waals surface area contributed by atoms with Crippen molar-refractivity contribution >= 4 is 0 Å². The molecule has 0 aliphatic rings. The summed E-state index contributed by atoms with van der Waals surface area (Å²) in [6.07, 6.45) is 6.65. The number of nitrogens with zero attached hydrogens (tertiary/aromatic N) is 1. The Hall–Kier alpha value is -0.560. The SMILES string of the molecule is CCC[n+]1ccc(CC)cc1.[Cl-]. The summed E-state index contributed by atoms with van der Waals surface area (Å²) in [4.78, 5) is 0. The van der Waals surface area contributed by atoms with Crippen LogP contribution in [0, 0.1) is 0 Å². The first-order valence-electron chi connectivity index (χ1n) is 4.34. The van der Waals surface area contributed by atoms with E-state index in [-0.39, 0.29) is 12.4 Å². The summed E-state index contributed by atoms with van der Waals surface area (Å²) in [5.74, 6) is 0. The van der Waals surface area contributed by atoms with Crippen LogP contribution in [0.15, 0.2) is 24.5 Å². The van der Waals surface area contributed by atoms with Gasteiger partial charge >= 0.3 is 0 Å². The molecule has 0 fully saturated rings. The molecule has 12 heavy (non-hydrogen) atoms. The van der Waals surface area contributed by atoms with Crippen LogP contribution in [0.4, 0.5) is 0 Å². The number of halogens is 1. The zero-order chi connectivity index (χ0) is 8.10. The van der Waals surface area contributed by atoms with Crippen molar-refractivity contribution < 1.29 is 17.0 Å². The van der Waals surface area contributed by atoms with E-state index in [1.165, 1.54) is 12.0 Å². The van der Waals surface area contributed by atoms with Gasteiger partial charge in [-0.1, -0.05) is 13.8 Å². The highest BCUT2D eigenvalue weighted by Gasteiger charge is 1.96. The second-order valence-electron chi connectivity index (χ2n) is 2.80. The predicted octanol–water partition coefficient (Wildman–Crippen LogP) is -1.05. The average Bonchev–Trinajstić information content (AvgIpc) is 2.07. The molecule has 0 N–H and O–H groups in total. The van der Waals surface area contributed by atoms with Gasteiger partial charge in [0.15, 0.2) is 12.4 Å². The molecule has 0 aromatic carbocycles. The molecule has 0 radical (unpaired) electrons. The van der Waals surface area contributed by atoms with Crippen molar-refractivity contribution in [2.75, 3.05) is 0 Å². The topological polar surface area (TPSA) is 3.88 Å². The van der Waals surface area contributed by atoms with E-state index in [2.05, 4.69) is 42.9 Å². The molecular formula is C10H16ClN. The Morgan fingerprint density at radius 3 is 2.17 bits per heavy atom. The van der Waals surface area contributed by atoms with Crippen LogP contribution in [0.1, 0.15) is 25.8 Å². The molecule has 2 heteroatoms. The minimum absolute atomic E-state index is 0. The minimum atomic E-state index is 0. The highest BCUT2D eigenvalue weighted by atomic mass is 35.5. The first-order valence-corrected chi connectivity index (χ1v) is 4.34. The van der Waals surface area contributed by atoms with Crippen LogP contribution >= 0.6 is 0 Å². The lowest BCUT2D eigenvalue weighted by Gasteiger charge is -1.94. The second kappa shape index (κ2) is 6.01. The summed E-state index contributed by atoms with van der Waals surface area (Å²) in [5.41, 5.74) is 1.41. The van der Waals surface area contributed by atoms with Crippen LogP contribution in [-0.2, 0) is 13.0 Å². The third-order valence-corrected chi connectivity index (χ3v) is 1.85. The van der Waals surface area contributed by atoms with Gasteiger partial charge in [-0.3, -0.25) is 0 Å². The van der Waals surface area contributed by atoms with E-state index in [0.29, 0.717) is 0 Å². The van der Waals surface area contributed by atoms with Crippen molar-refractivity contribution in [3.63, 3.8) is 0 Å². The summed E-state index contributed by atoms with van der Waals surface area (Å²) in [5, 5.41) is 0. The molecule has 0 bridgehead atoms. The van der Waals surface area contributed by atoms with E-state index in [1.54, 1.807) is 0 Å². The molecule has 0 saturated carbocycles. The lowest BCUT2D eigenvalue weighted by molar-refractivity contribution is -0.697. The molecule has 1 aromatic heterocycles. The Kier molecular flexibility index (Phi) is 5.73. The summed E-state index contributed by atoms with van der Waals surface area (Å²) in [7, 11) is 0. The van der Waals surface area contributed by atoms with Gasteiger partial charge in [-0.15, -0.1) is 0 Å². The molecule has 0 aliphatic carbocycles. The van der Waals surface area contributed by atoms with Crippen LogP contribution in [-0.4, -0.2) is 0 Å². The Morgan fingerprint density at radius 1 is 1.17 bits per heavy atom. The van der Waals surface area contributed by atoms with Crippen LogP contribution in [0.5, 0.6) is 0 Å². The highest BCUT2D eigenvalue weighted by Crippen LogP contribution is 1.94. The third-order valence-electron chi connectivity index (χ3n) is 1.85. The number of rotatable bonds is 3. The Morgan fingerprint density at radius 2 is 1.75 bits per heavy atom. The van der Waals surface area contributed by atoms with E-state index < -0.39 is 0 Å². The van der Waals surface area contributed by atoms with E-state index in [9.17, 15) is 0 Å². The first kappa shape index (κ1) is 11.4. The van der Waals surface area contributed by atoms with Gasteiger partial charge in [-0.25, -0.2) is 4.57 Å². The molecule has 0 saturated heterocycles. The van der Waals surface area contributed by atoms with Gasteiger partial charge in [0.25, 0.3) is 0 Å². The van der Waals surface area contributed by atoms with Gasteiger partial charge in [0.2, 0.25) is 0 Å². The molecule has 1 aromatic rings.